The number of carboxylic acids is 1. The zero-order valence-electron chi connectivity index (χ0n) is 9.05. The Kier molecular flexibility index (Phi) is 4.34. The number of carboxylic acid groups (broad SMARTS) is 1. The van der Waals surface area contributed by atoms with E-state index in [2.05, 4.69) is 4.98 Å². The van der Waals surface area contributed by atoms with E-state index in [-0.39, 0.29) is 24.5 Å². The number of nitrogens with zero attached hydrogens (tertiary/aromatic N) is 1. The molecular formula is C11H13ClN2O3. The normalized spacial score (nSPS) is 10.1. The third kappa shape index (κ3) is 2.88. The number of halogens is 1. The van der Waals surface area contributed by atoms with E-state index in [1.165, 1.54) is 4.57 Å². The number of carbonyl (C=O) groups excluding carboxylic acids is 1. The molecule has 17 heavy (non-hydrogen) atoms. The van der Waals surface area contributed by atoms with Crippen molar-refractivity contribution < 1.29 is 22.3 Å². The lowest BCUT2D eigenvalue weighted by atomic mass is 10.3. The van der Waals surface area contributed by atoms with E-state index in [1.54, 1.807) is 0 Å². The number of para-hydroxylation sites is 2. The first kappa shape index (κ1) is 13.3. The van der Waals surface area contributed by atoms with Crippen LogP contribution in [0, 0.1) is 12.4 Å². The molecule has 0 aliphatic carbocycles. The molecule has 2 rings (SSSR count). The lowest BCUT2D eigenvalue weighted by molar-refractivity contribution is -0.305. The summed E-state index contributed by atoms with van der Waals surface area (Å²) < 4.78 is 1.54. The van der Waals surface area contributed by atoms with Gasteiger partial charge in [0.05, 0.1) is 23.4 Å². The maximum Gasteiger partial charge on any atom is 0.326 e. The van der Waals surface area contributed by atoms with E-state index in [4.69, 9.17) is 0 Å². The second-order valence-electron chi connectivity index (χ2n) is 3.57. The number of fused-ring (bicyclic) bond motifs is 1. The number of hydrogen-bond acceptors (Lipinski definition) is 3. The summed E-state index contributed by atoms with van der Waals surface area (Å²) in [6.07, 6.45) is 0.357. The summed E-state index contributed by atoms with van der Waals surface area (Å²) in [5.41, 5.74) is 1.35. The summed E-state index contributed by atoms with van der Waals surface area (Å²) in [6.45, 7) is 0.386. The van der Waals surface area contributed by atoms with Crippen molar-refractivity contribution in [3.8, 4) is 0 Å². The van der Waals surface area contributed by atoms with E-state index in [9.17, 15) is 14.7 Å². The molecule has 1 heterocycles. The zero-order chi connectivity index (χ0) is 11.5. The van der Waals surface area contributed by atoms with Gasteiger partial charge < -0.3 is 14.9 Å². The van der Waals surface area contributed by atoms with Gasteiger partial charge in [-0.2, -0.15) is 0 Å². The minimum absolute atomic E-state index is 0. The van der Waals surface area contributed by atoms with Crippen molar-refractivity contribution in [2.75, 3.05) is 0 Å². The van der Waals surface area contributed by atoms with Crippen LogP contribution in [-0.4, -0.2) is 15.5 Å². The van der Waals surface area contributed by atoms with Crippen LogP contribution in [0.4, 0.5) is 0 Å². The fourth-order valence-electron chi connectivity index (χ4n) is 1.71. The number of carbonyl (C=O) groups is 1. The Bertz CT molecular complexity index is 573. The average Bonchev–Trinajstić information content (AvgIpc) is 2.55. The molecule has 5 nitrogen and oxygen atoms in total. The van der Waals surface area contributed by atoms with Crippen LogP contribution in [-0.2, 0) is 11.3 Å². The van der Waals surface area contributed by atoms with Crippen molar-refractivity contribution in [3.63, 3.8) is 0 Å². The number of aryl methyl sites for hydroxylation is 1. The number of imidazole rings is 1. The fourth-order valence-corrected chi connectivity index (χ4v) is 1.71. The Morgan fingerprint density at radius 3 is 2.76 bits per heavy atom. The van der Waals surface area contributed by atoms with Crippen LogP contribution >= 0.6 is 0 Å². The molecule has 0 saturated heterocycles. The third-order valence-electron chi connectivity index (χ3n) is 2.44. The fraction of sp³-hybridized carbons (Fsp3) is 0.273. The number of aromatic nitrogens is 2. The van der Waals surface area contributed by atoms with Crippen LogP contribution in [0.2, 0.25) is 0 Å². The van der Waals surface area contributed by atoms with Gasteiger partial charge in [-0.15, -0.1) is 0 Å². The summed E-state index contributed by atoms with van der Waals surface area (Å²) in [4.78, 5) is 24.5. The first-order valence-corrected chi connectivity index (χ1v) is 5.06. The topological polar surface area (TPSA) is 77.9 Å². The van der Waals surface area contributed by atoms with Crippen molar-refractivity contribution in [2.45, 2.75) is 19.4 Å². The van der Waals surface area contributed by atoms with E-state index < -0.39 is 5.97 Å². The van der Waals surface area contributed by atoms with Gasteiger partial charge in [-0.3, -0.25) is 4.57 Å². The van der Waals surface area contributed by atoms with Crippen molar-refractivity contribution in [3.05, 3.63) is 34.7 Å². The second kappa shape index (κ2) is 5.54. The number of H-pyrrole nitrogens is 1. The lowest BCUT2D eigenvalue weighted by Gasteiger charge is -2.03. The van der Waals surface area contributed by atoms with Crippen LogP contribution in [0.15, 0.2) is 29.1 Å². The Morgan fingerprint density at radius 2 is 2.06 bits per heavy atom. The molecule has 1 aromatic carbocycles. The van der Waals surface area contributed by atoms with Crippen molar-refractivity contribution in [2.24, 2.45) is 0 Å². The van der Waals surface area contributed by atoms with Gasteiger partial charge in [-0.25, -0.2) is 4.79 Å². The Hall–Kier alpha value is -1.75. The standard InChI is InChI=1S/C11H12N2O3.ClH2/c14-10(15)6-3-7-13-9-5-2-1-4-8(9)12-11(13)16;/h1-2,4-5H,3,6-7H2,(H,12,16)(H,14,15);1H2/q;+1/p-1. The molecular weight excluding hydrogens is 244 g/mol. The lowest BCUT2D eigenvalue weighted by Crippen LogP contribution is -2.23. The number of hydrogen-bond donors (Lipinski definition) is 1. The maximum absolute atomic E-state index is 11.6. The molecule has 0 bridgehead atoms. The highest BCUT2D eigenvalue weighted by atomic mass is 35.5. The molecule has 0 aliphatic rings. The quantitative estimate of drug-likeness (QED) is 0.788. The third-order valence-corrected chi connectivity index (χ3v) is 2.44. The molecule has 1 aromatic heterocycles. The first-order valence-electron chi connectivity index (χ1n) is 5.06. The van der Waals surface area contributed by atoms with E-state index in [0.29, 0.717) is 13.0 Å². The van der Waals surface area contributed by atoms with Gasteiger partial charge in [-0.05, 0) is 25.0 Å². The van der Waals surface area contributed by atoms with E-state index >= 15 is 0 Å². The molecule has 0 atom stereocenters. The van der Waals surface area contributed by atoms with Gasteiger partial charge in [0.25, 0.3) is 0 Å². The molecule has 0 amide bonds. The Morgan fingerprint density at radius 1 is 1.35 bits per heavy atom. The van der Waals surface area contributed by atoms with E-state index in [1.807, 2.05) is 24.3 Å². The summed E-state index contributed by atoms with van der Waals surface area (Å²) in [7, 11) is 0. The minimum atomic E-state index is -1.09. The van der Waals surface area contributed by atoms with Crippen LogP contribution in [0.3, 0.4) is 0 Å². The Balaban J connectivity index is 0.00000144. The van der Waals surface area contributed by atoms with Gasteiger partial charge in [0, 0.05) is 12.5 Å². The number of nitrogens with one attached hydrogen (secondary N) is 1. The van der Waals surface area contributed by atoms with E-state index in [0.717, 1.165) is 11.0 Å². The van der Waals surface area contributed by atoms with Crippen molar-refractivity contribution in [1.82, 2.24) is 9.55 Å². The van der Waals surface area contributed by atoms with Gasteiger partial charge in [0.15, 0.2) is 0 Å². The minimum Gasteiger partial charge on any atom is -0.550 e. The first-order chi connectivity index (χ1) is 7.68. The van der Waals surface area contributed by atoms with Gasteiger partial charge in [0.2, 0.25) is 0 Å². The highest BCUT2D eigenvalue weighted by Crippen LogP contribution is 2.09. The molecule has 0 radical (unpaired) electrons. The molecule has 0 spiro atoms. The molecule has 0 fully saturated rings. The average molecular weight is 257 g/mol. The highest BCUT2D eigenvalue weighted by molar-refractivity contribution is 5.74. The highest BCUT2D eigenvalue weighted by Gasteiger charge is 2.04. The number of benzene rings is 1. The van der Waals surface area contributed by atoms with Crippen LogP contribution in [0.5, 0.6) is 0 Å². The largest absolute Gasteiger partial charge is 0.550 e. The monoisotopic (exact) mass is 256 g/mol. The van der Waals surface area contributed by atoms with Crippen molar-refractivity contribution >= 4 is 17.0 Å². The summed E-state index contributed by atoms with van der Waals surface area (Å²) in [6, 6.07) is 7.31. The molecule has 0 aliphatic heterocycles. The predicted molar refractivity (Wildman–Crippen MR) is 59.6 cm³/mol. The maximum atomic E-state index is 11.6. The Labute approximate surface area is 103 Å². The molecule has 1 N–H and O–H groups in total. The summed E-state index contributed by atoms with van der Waals surface area (Å²) in [5, 5.41) is 10.3. The van der Waals surface area contributed by atoms with Gasteiger partial charge in [0.1, 0.15) is 0 Å². The summed E-state index contributed by atoms with van der Waals surface area (Å²) >= 11 is 0. The van der Waals surface area contributed by atoms with Gasteiger partial charge >= 0.3 is 5.69 Å². The second-order valence-corrected chi connectivity index (χ2v) is 3.57. The van der Waals surface area contributed by atoms with Gasteiger partial charge in [-0.1, -0.05) is 12.1 Å². The molecule has 2 aromatic rings. The zero-order valence-corrected chi connectivity index (χ0v) is 9.94. The van der Waals surface area contributed by atoms with Crippen LogP contribution < -0.4 is 10.8 Å². The molecule has 92 valence electrons. The molecule has 6 heteroatoms. The smallest absolute Gasteiger partial charge is 0.326 e. The molecule has 0 saturated carbocycles. The number of aromatic amines is 1. The number of rotatable bonds is 4. The number of aliphatic carboxylic acids is 1. The van der Waals surface area contributed by atoms with Crippen molar-refractivity contribution in [1.29, 1.82) is 0 Å². The molecule has 0 unspecified atom stereocenters. The van der Waals surface area contributed by atoms with Crippen LogP contribution in [0.1, 0.15) is 12.8 Å². The summed E-state index contributed by atoms with van der Waals surface area (Å²) in [5.74, 6) is -1.09. The SMILES string of the molecule is O=C([O-])CCCn1c(=O)[nH]c2ccccc21.[ClH2+]. The van der Waals surface area contributed by atoms with Crippen LogP contribution in [0.25, 0.3) is 11.0 Å². The predicted octanol–water partition coefficient (Wildman–Crippen LogP) is -0.676.